The summed E-state index contributed by atoms with van der Waals surface area (Å²) in [5.74, 6) is 0.504. The van der Waals surface area contributed by atoms with Crippen molar-refractivity contribution >= 4 is 22.0 Å². The molecule has 0 atom stereocenters. The van der Waals surface area contributed by atoms with E-state index in [2.05, 4.69) is 4.98 Å². The Labute approximate surface area is 123 Å². The fourth-order valence-electron chi connectivity index (χ4n) is 2.09. The van der Waals surface area contributed by atoms with Crippen molar-refractivity contribution in [3.63, 3.8) is 0 Å². The third kappa shape index (κ3) is 2.24. The van der Waals surface area contributed by atoms with Gasteiger partial charge in [0.1, 0.15) is 5.69 Å². The van der Waals surface area contributed by atoms with Gasteiger partial charge in [-0.2, -0.15) is 4.98 Å². The first-order valence-corrected chi connectivity index (χ1v) is 7.06. The number of hydrogen-bond donors (Lipinski definition) is 1. The maximum atomic E-state index is 11.1. The van der Waals surface area contributed by atoms with Crippen LogP contribution in [0.15, 0.2) is 29.8 Å². The normalized spacial score (nSPS) is 11.0. The molecule has 7 nitrogen and oxygen atoms in total. The fourth-order valence-corrected chi connectivity index (χ4v) is 2.81. The van der Waals surface area contributed by atoms with Crippen LogP contribution in [0.2, 0.25) is 0 Å². The lowest BCUT2D eigenvalue weighted by atomic mass is 10.2. The number of thiazole rings is 1. The summed E-state index contributed by atoms with van der Waals surface area (Å²) in [6, 6.07) is 4.78. The average molecular weight is 304 g/mol. The SMILES string of the molecule is Cc1cccc([N+](=O)[O-])c1Oc1nc2sccn2c1CN. The Morgan fingerprint density at radius 1 is 1.52 bits per heavy atom. The molecule has 1 aromatic carbocycles. The lowest BCUT2D eigenvalue weighted by molar-refractivity contribution is -0.385. The summed E-state index contributed by atoms with van der Waals surface area (Å²) in [5.41, 5.74) is 7.01. The van der Waals surface area contributed by atoms with Gasteiger partial charge in [-0.3, -0.25) is 14.5 Å². The van der Waals surface area contributed by atoms with E-state index in [0.717, 1.165) is 4.96 Å². The van der Waals surface area contributed by atoms with Gasteiger partial charge >= 0.3 is 5.69 Å². The van der Waals surface area contributed by atoms with Crippen LogP contribution >= 0.6 is 11.3 Å². The van der Waals surface area contributed by atoms with Gasteiger partial charge in [-0.05, 0) is 12.5 Å². The summed E-state index contributed by atoms with van der Waals surface area (Å²) in [6.07, 6.45) is 1.84. The molecule has 2 N–H and O–H groups in total. The van der Waals surface area contributed by atoms with Crippen molar-refractivity contribution in [3.8, 4) is 11.6 Å². The number of aryl methyl sites for hydroxylation is 1. The van der Waals surface area contributed by atoms with E-state index in [1.54, 1.807) is 19.1 Å². The van der Waals surface area contributed by atoms with Crippen molar-refractivity contribution in [2.24, 2.45) is 5.73 Å². The number of imidazole rings is 1. The van der Waals surface area contributed by atoms with E-state index in [4.69, 9.17) is 10.5 Å². The largest absolute Gasteiger partial charge is 0.430 e. The molecule has 0 saturated heterocycles. The molecule has 0 aliphatic rings. The van der Waals surface area contributed by atoms with Gasteiger partial charge in [-0.15, -0.1) is 11.3 Å². The molecule has 108 valence electrons. The smallest absolute Gasteiger partial charge is 0.311 e. The van der Waals surface area contributed by atoms with Crippen molar-refractivity contribution in [1.29, 1.82) is 0 Å². The highest BCUT2D eigenvalue weighted by molar-refractivity contribution is 7.15. The van der Waals surface area contributed by atoms with Gasteiger partial charge in [0, 0.05) is 24.2 Å². The fraction of sp³-hybridized carbons (Fsp3) is 0.154. The number of fused-ring (bicyclic) bond motifs is 1. The van der Waals surface area contributed by atoms with Gasteiger partial charge < -0.3 is 10.5 Å². The van der Waals surface area contributed by atoms with Gasteiger partial charge in [-0.25, -0.2) is 0 Å². The molecular formula is C13H12N4O3S. The quantitative estimate of drug-likeness (QED) is 0.590. The number of nitro groups is 1. The maximum absolute atomic E-state index is 11.1. The van der Waals surface area contributed by atoms with E-state index in [1.807, 2.05) is 16.0 Å². The lowest BCUT2D eigenvalue weighted by Crippen LogP contribution is -2.03. The molecule has 21 heavy (non-hydrogen) atoms. The Balaban J connectivity index is 2.10. The molecule has 2 heterocycles. The summed E-state index contributed by atoms with van der Waals surface area (Å²) in [4.78, 5) is 15.7. The standard InChI is InChI=1S/C13H12N4O3S/c1-8-3-2-4-9(17(18)19)11(8)20-12-10(7-14)16-5-6-21-13(16)15-12/h2-6H,7,14H2,1H3. The summed E-state index contributed by atoms with van der Waals surface area (Å²) >= 11 is 1.45. The second kappa shape index (κ2) is 5.15. The number of hydrogen-bond acceptors (Lipinski definition) is 6. The second-order valence-electron chi connectivity index (χ2n) is 4.41. The predicted octanol–water partition coefficient (Wildman–Crippen LogP) is 2.86. The summed E-state index contributed by atoms with van der Waals surface area (Å²) in [5, 5.41) is 13.0. The second-order valence-corrected chi connectivity index (χ2v) is 5.28. The van der Waals surface area contributed by atoms with E-state index in [0.29, 0.717) is 17.1 Å². The summed E-state index contributed by atoms with van der Waals surface area (Å²) < 4.78 is 7.54. The van der Waals surface area contributed by atoms with Crippen LogP contribution in [-0.4, -0.2) is 14.3 Å². The van der Waals surface area contributed by atoms with Gasteiger partial charge in [0.15, 0.2) is 4.96 Å². The highest BCUT2D eigenvalue weighted by Gasteiger charge is 2.21. The number of nitro benzene ring substituents is 1. The van der Waals surface area contributed by atoms with E-state index in [1.165, 1.54) is 17.4 Å². The van der Waals surface area contributed by atoms with Gasteiger partial charge in [0.05, 0.1) is 4.92 Å². The Hall–Kier alpha value is -2.45. The minimum absolute atomic E-state index is 0.0886. The number of nitrogens with two attached hydrogens (primary N) is 1. The summed E-state index contributed by atoms with van der Waals surface area (Å²) in [7, 11) is 0. The molecule has 0 radical (unpaired) electrons. The molecule has 0 unspecified atom stereocenters. The van der Waals surface area contributed by atoms with Gasteiger partial charge in [0.2, 0.25) is 11.6 Å². The predicted molar refractivity (Wildman–Crippen MR) is 78.9 cm³/mol. The van der Waals surface area contributed by atoms with Gasteiger partial charge in [0.25, 0.3) is 0 Å². The molecule has 8 heteroatoms. The molecule has 3 aromatic rings. The van der Waals surface area contributed by atoms with Crippen molar-refractivity contribution in [1.82, 2.24) is 9.38 Å². The zero-order chi connectivity index (χ0) is 15.0. The Morgan fingerprint density at radius 3 is 3.05 bits per heavy atom. The molecule has 0 amide bonds. The van der Waals surface area contributed by atoms with Crippen LogP contribution in [0.25, 0.3) is 4.96 Å². The minimum Gasteiger partial charge on any atom is -0.430 e. The topological polar surface area (TPSA) is 95.7 Å². The Morgan fingerprint density at radius 2 is 2.33 bits per heavy atom. The third-order valence-electron chi connectivity index (χ3n) is 3.10. The zero-order valence-electron chi connectivity index (χ0n) is 11.1. The molecule has 2 aromatic heterocycles. The lowest BCUT2D eigenvalue weighted by Gasteiger charge is -2.08. The molecule has 0 aliphatic carbocycles. The Bertz CT molecular complexity index is 824. The first-order chi connectivity index (χ1) is 10.1. The van der Waals surface area contributed by atoms with E-state index in [-0.39, 0.29) is 18.0 Å². The highest BCUT2D eigenvalue weighted by Crippen LogP contribution is 2.36. The van der Waals surface area contributed by atoms with E-state index >= 15 is 0 Å². The molecule has 0 aliphatic heterocycles. The van der Waals surface area contributed by atoms with Crippen molar-refractivity contribution in [3.05, 3.63) is 51.1 Å². The molecule has 0 fully saturated rings. The Kier molecular flexibility index (Phi) is 3.32. The summed E-state index contributed by atoms with van der Waals surface area (Å²) in [6.45, 7) is 1.98. The van der Waals surface area contributed by atoms with E-state index < -0.39 is 4.92 Å². The van der Waals surface area contributed by atoms with Crippen LogP contribution in [0.4, 0.5) is 5.69 Å². The van der Waals surface area contributed by atoms with Crippen LogP contribution in [-0.2, 0) is 6.54 Å². The maximum Gasteiger partial charge on any atom is 0.311 e. The van der Waals surface area contributed by atoms with E-state index in [9.17, 15) is 10.1 Å². The minimum atomic E-state index is -0.469. The zero-order valence-corrected chi connectivity index (χ0v) is 12.0. The number of para-hydroxylation sites is 1. The van der Waals surface area contributed by atoms with Crippen LogP contribution < -0.4 is 10.5 Å². The number of rotatable bonds is 4. The number of benzene rings is 1. The van der Waals surface area contributed by atoms with Crippen LogP contribution in [0.1, 0.15) is 11.3 Å². The van der Waals surface area contributed by atoms with Crippen LogP contribution in [0, 0.1) is 17.0 Å². The van der Waals surface area contributed by atoms with Crippen LogP contribution in [0.5, 0.6) is 11.6 Å². The van der Waals surface area contributed by atoms with Gasteiger partial charge in [-0.1, -0.05) is 12.1 Å². The number of nitrogens with zero attached hydrogens (tertiary/aromatic N) is 3. The first-order valence-electron chi connectivity index (χ1n) is 6.18. The highest BCUT2D eigenvalue weighted by atomic mass is 32.1. The number of ether oxygens (including phenoxy) is 1. The van der Waals surface area contributed by atoms with Crippen LogP contribution in [0.3, 0.4) is 0 Å². The van der Waals surface area contributed by atoms with Crippen molar-refractivity contribution in [2.75, 3.05) is 0 Å². The average Bonchev–Trinajstić information content (AvgIpc) is 3.00. The monoisotopic (exact) mass is 304 g/mol. The molecule has 0 bridgehead atoms. The molecule has 0 spiro atoms. The third-order valence-corrected chi connectivity index (χ3v) is 3.86. The molecular weight excluding hydrogens is 292 g/mol. The van der Waals surface area contributed by atoms with Crippen molar-refractivity contribution < 1.29 is 9.66 Å². The molecule has 3 rings (SSSR count). The first kappa shape index (κ1) is 13.5. The number of aromatic nitrogens is 2. The van der Waals surface area contributed by atoms with Crippen molar-refractivity contribution in [2.45, 2.75) is 13.5 Å². The molecule has 0 saturated carbocycles.